The van der Waals surface area contributed by atoms with Gasteiger partial charge in [0.25, 0.3) is 0 Å². The zero-order valence-corrected chi connectivity index (χ0v) is 17.6. The molecule has 1 aromatic heterocycles. The molecule has 1 unspecified atom stereocenters. The number of aryl methyl sites for hydroxylation is 1. The van der Waals surface area contributed by atoms with E-state index in [1.165, 1.54) is 30.5 Å². The van der Waals surface area contributed by atoms with Crippen LogP contribution in [0.15, 0.2) is 18.3 Å². The van der Waals surface area contributed by atoms with Gasteiger partial charge >= 0.3 is 6.09 Å². The third-order valence-corrected chi connectivity index (χ3v) is 5.76. The first-order chi connectivity index (χ1) is 13.2. The molecule has 0 aromatic carbocycles. The van der Waals surface area contributed by atoms with E-state index in [-0.39, 0.29) is 6.09 Å². The van der Waals surface area contributed by atoms with Gasteiger partial charge < -0.3 is 14.5 Å². The third-order valence-electron chi connectivity index (χ3n) is 5.76. The second-order valence-electron chi connectivity index (χ2n) is 7.26. The van der Waals surface area contributed by atoms with Crippen molar-refractivity contribution < 1.29 is 9.53 Å². The molecule has 3 rings (SSSR count). The van der Waals surface area contributed by atoms with Crippen LogP contribution in [0.2, 0.25) is 0 Å². The van der Waals surface area contributed by atoms with Gasteiger partial charge in [-0.1, -0.05) is 19.9 Å². The second kappa shape index (κ2) is 11.3. The van der Waals surface area contributed by atoms with Crippen molar-refractivity contribution in [2.24, 2.45) is 0 Å². The molecule has 3 heterocycles. The Balaban J connectivity index is 0.00000126. The summed E-state index contributed by atoms with van der Waals surface area (Å²) in [5.74, 6) is 0.645. The van der Waals surface area contributed by atoms with Crippen LogP contribution in [0.5, 0.6) is 0 Å². The molecule has 0 saturated carbocycles. The van der Waals surface area contributed by atoms with Crippen molar-refractivity contribution in [2.45, 2.75) is 71.8 Å². The van der Waals surface area contributed by atoms with Gasteiger partial charge in [0.15, 0.2) is 0 Å². The van der Waals surface area contributed by atoms with Crippen molar-refractivity contribution in [3.8, 4) is 0 Å². The van der Waals surface area contributed by atoms with Crippen molar-refractivity contribution >= 4 is 6.09 Å². The predicted octanol–water partition coefficient (Wildman–Crippen LogP) is 4.61. The van der Waals surface area contributed by atoms with Crippen molar-refractivity contribution in [1.82, 2.24) is 14.8 Å². The fourth-order valence-electron chi connectivity index (χ4n) is 4.35. The molecule has 2 aliphatic rings. The lowest BCUT2D eigenvalue weighted by molar-refractivity contribution is 0.105. The van der Waals surface area contributed by atoms with Crippen molar-refractivity contribution in [3.63, 3.8) is 0 Å². The normalized spacial score (nSPS) is 21.8. The van der Waals surface area contributed by atoms with E-state index in [2.05, 4.69) is 28.9 Å². The maximum absolute atomic E-state index is 11.9. The summed E-state index contributed by atoms with van der Waals surface area (Å²) in [5.41, 5.74) is 2.61. The molecule has 27 heavy (non-hydrogen) atoms. The van der Waals surface area contributed by atoms with E-state index in [0.717, 1.165) is 39.0 Å². The van der Waals surface area contributed by atoms with Crippen LogP contribution >= 0.6 is 0 Å². The SMILES string of the molecule is CC.CCOC(=O)N1CCCC(N2CCC(c3cccnc3C)CC2)CC1. The van der Waals surface area contributed by atoms with E-state index in [0.29, 0.717) is 18.6 Å². The second-order valence-corrected chi connectivity index (χ2v) is 7.26. The Morgan fingerprint density at radius 1 is 1.15 bits per heavy atom. The standard InChI is InChI=1S/C20H31N3O2.C2H6/c1-3-25-20(24)23-12-5-6-18(10-15-23)22-13-8-17(9-14-22)19-7-4-11-21-16(19)2;1-2/h4,7,11,17-18H,3,5-6,8-10,12-15H2,1-2H3;1-2H3. The summed E-state index contributed by atoms with van der Waals surface area (Å²) in [5, 5.41) is 0. The first-order valence-electron chi connectivity index (χ1n) is 10.8. The van der Waals surface area contributed by atoms with E-state index in [1.54, 1.807) is 0 Å². The van der Waals surface area contributed by atoms with Crippen molar-refractivity contribution in [2.75, 3.05) is 32.8 Å². The molecule has 5 heteroatoms. The molecule has 1 aromatic rings. The quantitative estimate of drug-likeness (QED) is 0.774. The van der Waals surface area contributed by atoms with Crippen molar-refractivity contribution in [3.05, 3.63) is 29.6 Å². The number of hydrogen-bond donors (Lipinski definition) is 0. The number of carbonyl (C=O) groups excluding carboxylic acids is 1. The molecule has 0 bridgehead atoms. The number of nitrogens with zero attached hydrogens (tertiary/aromatic N) is 3. The number of carbonyl (C=O) groups is 1. The molecule has 2 saturated heterocycles. The predicted molar refractivity (Wildman–Crippen MR) is 110 cm³/mol. The molecule has 0 aliphatic carbocycles. The number of hydrogen-bond acceptors (Lipinski definition) is 4. The van der Waals surface area contributed by atoms with E-state index in [9.17, 15) is 4.79 Å². The average Bonchev–Trinajstić information content (AvgIpc) is 2.97. The van der Waals surface area contributed by atoms with Crippen LogP contribution in [0.3, 0.4) is 0 Å². The minimum atomic E-state index is -0.145. The van der Waals surface area contributed by atoms with E-state index in [4.69, 9.17) is 4.74 Å². The minimum absolute atomic E-state index is 0.145. The number of ether oxygens (including phenoxy) is 1. The fraction of sp³-hybridized carbons (Fsp3) is 0.727. The molecule has 1 amide bonds. The Morgan fingerprint density at radius 3 is 2.56 bits per heavy atom. The number of pyridine rings is 1. The summed E-state index contributed by atoms with van der Waals surface area (Å²) in [4.78, 5) is 20.9. The topological polar surface area (TPSA) is 45.7 Å². The lowest BCUT2D eigenvalue weighted by Crippen LogP contribution is -2.42. The summed E-state index contributed by atoms with van der Waals surface area (Å²) in [6, 6.07) is 4.91. The van der Waals surface area contributed by atoms with Crippen LogP contribution in [0.4, 0.5) is 4.79 Å². The first-order valence-corrected chi connectivity index (χ1v) is 10.8. The highest BCUT2D eigenvalue weighted by atomic mass is 16.6. The summed E-state index contributed by atoms with van der Waals surface area (Å²) < 4.78 is 5.16. The molecule has 2 aliphatic heterocycles. The number of amides is 1. The van der Waals surface area contributed by atoms with Crippen LogP contribution in [0, 0.1) is 6.92 Å². The van der Waals surface area contributed by atoms with Gasteiger partial charge in [0.2, 0.25) is 0 Å². The van der Waals surface area contributed by atoms with E-state index in [1.807, 2.05) is 31.9 Å². The van der Waals surface area contributed by atoms with Gasteiger partial charge in [-0.3, -0.25) is 4.98 Å². The molecular formula is C22H37N3O2. The highest BCUT2D eigenvalue weighted by molar-refractivity contribution is 5.67. The summed E-state index contributed by atoms with van der Waals surface area (Å²) in [6.45, 7) is 12.4. The van der Waals surface area contributed by atoms with Gasteiger partial charge in [-0.15, -0.1) is 0 Å². The Kier molecular flexibility index (Phi) is 9.05. The average molecular weight is 376 g/mol. The maximum atomic E-state index is 11.9. The van der Waals surface area contributed by atoms with Crippen LogP contribution in [0.1, 0.15) is 70.1 Å². The molecule has 0 spiro atoms. The largest absolute Gasteiger partial charge is 0.450 e. The number of likely N-dealkylation sites (tertiary alicyclic amines) is 2. The smallest absolute Gasteiger partial charge is 0.409 e. The van der Waals surface area contributed by atoms with Crippen LogP contribution in [0.25, 0.3) is 0 Å². The Bertz CT molecular complexity index is 570. The number of piperidine rings is 1. The number of aromatic nitrogens is 1. The minimum Gasteiger partial charge on any atom is -0.450 e. The molecule has 152 valence electrons. The fourth-order valence-corrected chi connectivity index (χ4v) is 4.35. The Morgan fingerprint density at radius 2 is 1.89 bits per heavy atom. The van der Waals surface area contributed by atoms with Gasteiger partial charge in [-0.25, -0.2) is 4.79 Å². The van der Waals surface area contributed by atoms with Gasteiger partial charge in [0, 0.05) is 31.0 Å². The van der Waals surface area contributed by atoms with Crippen LogP contribution in [-0.4, -0.2) is 59.7 Å². The highest BCUT2D eigenvalue weighted by Gasteiger charge is 2.29. The van der Waals surface area contributed by atoms with Gasteiger partial charge in [-0.05, 0) is 76.6 Å². The number of rotatable bonds is 3. The highest BCUT2D eigenvalue weighted by Crippen LogP contribution is 2.31. The van der Waals surface area contributed by atoms with Crippen molar-refractivity contribution in [1.29, 1.82) is 0 Å². The van der Waals surface area contributed by atoms with Gasteiger partial charge in [0.1, 0.15) is 0 Å². The molecular weight excluding hydrogens is 338 g/mol. The van der Waals surface area contributed by atoms with E-state index >= 15 is 0 Å². The lowest BCUT2D eigenvalue weighted by Gasteiger charge is -2.37. The molecule has 0 N–H and O–H groups in total. The van der Waals surface area contributed by atoms with Gasteiger partial charge in [0.05, 0.1) is 6.61 Å². The van der Waals surface area contributed by atoms with E-state index < -0.39 is 0 Å². The van der Waals surface area contributed by atoms with Gasteiger partial charge in [-0.2, -0.15) is 0 Å². The Labute approximate surface area is 165 Å². The summed E-state index contributed by atoms with van der Waals surface area (Å²) >= 11 is 0. The molecule has 5 nitrogen and oxygen atoms in total. The van der Waals surface area contributed by atoms with Crippen LogP contribution < -0.4 is 0 Å². The summed E-state index contributed by atoms with van der Waals surface area (Å²) in [7, 11) is 0. The summed E-state index contributed by atoms with van der Waals surface area (Å²) in [6.07, 6.45) is 7.49. The first kappa shape index (κ1) is 21.7. The zero-order chi connectivity index (χ0) is 19.6. The molecule has 0 radical (unpaired) electrons. The Hall–Kier alpha value is -1.62. The lowest BCUT2D eigenvalue weighted by atomic mass is 9.87. The monoisotopic (exact) mass is 375 g/mol. The zero-order valence-electron chi connectivity index (χ0n) is 17.6. The van der Waals surface area contributed by atoms with Crippen LogP contribution in [-0.2, 0) is 4.74 Å². The maximum Gasteiger partial charge on any atom is 0.409 e. The molecule has 2 fully saturated rings. The molecule has 1 atom stereocenters. The third kappa shape index (κ3) is 5.93.